The average Bonchev–Trinajstić information content (AvgIpc) is 2.70. The fourth-order valence-electron chi connectivity index (χ4n) is 4.45. The van der Waals surface area contributed by atoms with Crippen LogP contribution in [0, 0.1) is 18.8 Å². The molecule has 0 aliphatic carbocycles. The van der Waals surface area contributed by atoms with Crippen molar-refractivity contribution in [3.05, 3.63) is 64.1 Å². The summed E-state index contributed by atoms with van der Waals surface area (Å²) in [5, 5.41) is 0. The molecule has 4 nitrogen and oxygen atoms in total. The van der Waals surface area contributed by atoms with Crippen molar-refractivity contribution in [3.63, 3.8) is 0 Å². The Morgan fingerprint density at radius 3 is 2.53 bits per heavy atom. The molecule has 1 fully saturated rings. The van der Waals surface area contributed by atoms with E-state index in [1.165, 1.54) is 11.8 Å². The molecule has 2 aromatic carbocycles. The van der Waals surface area contributed by atoms with Gasteiger partial charge in [-0.25, -0.2) is 0 Å². The van der Waals surface area contributed by atoms with Gasteiger partial charge in [-0.05, 0) is 55.0 Å². The van der Waals surface area contributed by atoms with E-state index in [0.29, 0.717) is 22.3 Å². The van der Waals surface area contributed by atoms with Gasteiger partial charge in [0.15, 0.2) is 0 Å². The molecule has 0 saturated carbocycles. The molecule has 2 heterocycles. The third-order valence-electron chi connectivity index (χ3n) is 5.80. The lowest BCUT2D eigenvalue weighted by atomic mass is 9.91. The number of thioether (sulfide) groups is 1. The maximum absolute atomic E-state index is 13.1. The van der Waals surface area contributed by atoms with Crippen LogP contribution >= 0.6 is 11.8 Å². The SMILES string of the molecule is Cc1cccc(C=C2Sc3ccc(C(=O)N4CC(C)CC(C)C4)cc3N(C)C2=O)c1. The summed E-state index contributed by atoms with van der Waals surface area (Å²) in [5.74, 6) is 1.05. The van der Waals surface area contributed by atoms with Gasteiger partial charge in [0, 0.05) is 30.6 Å². The van der Waals surface area contributed by atoms with Gasteiger partial charge >= 0.3 is 0 Å². The van der Waals surface area contributed by atoms with Crippen LogP contribution in [0.25, 0.3) is 6.08 Å². The summed E-state index contributed by atoms with van der Waals surface area (Å²) in [6, 6.07) is 13.8. The van der Waals surface area contributed by atoms with Crippen molar-refractivity contribution < 1.29 is 9.59 Å². The Morgan fingerprint density at radius 2 is 1.83 bits per heavy atom. The molecule has 4 rings (SSSR count). The van der Waals surface area contributed by atoms with Crippen LogP contribution in [0.3, 0.4) is 0 Å². The second kappa shape index (κ2) is 8.31. The van der Waals surface area contributed by atoms with E-state index >= 15 is 0 Å². The number of rotatable bonds is 2. The van der Waals surface area contributed by atoms with Crippen molar-refractivity contribution in [1.29, 1.82) is 0 Å². The predicted octanol–water partition coefficient (Wildman–Crippen LogP) is 5.22. The van der Waals surface area contributed by atoms with Gasteiger partial charge in [-0.3, -0.25) is 9.59 Å². The van der Waals surface area contributed by atoms with Gasteiger partial charge in [0.2, 0.25) is 0 Å². The Labute approximate surface area is 182 Å². The molecule has 2 amide bonds. The summed E-state index contributed by atoms with van der Waals surface area (Å²) < 4.78 is 0. The quantitative estimate of drug-likeness (QED) is 0.625. The van der Waals surface area contributed by atoms with E-state index in [-0.39, 0.29) is 11.8 Å². The van der Waals surface area contributed by atoms with Gasteiger partial charge in [-0.1, -0.05) is 55.4 Å². The molecule has 2 atom stereocenters. The highest BCUT2D eigenvalue weighted by molar-refractivity contribution is 8.04. The molecular weight excluding hydrogens is 392 g/mol. The highest BCUT2D eigenvalue weighted by Gasteiger charge is 2.30. The third-order valence-corrected chi connectivity index (χ3v) is 6.88. The predicted molar refractivity (Wildman–Crippen MR) is 124 cm³/mol. The number of aryl methyl sites for hydroxylation is 1. The normalized spacial score (nSPS) is 22.9. The van der Waals surface area contributed by atoms with Gasteiger partial charge in [0.25, 0.3) is 11.8 Å². The standard InChI is InChI=1S/C25H28N2O2S/c1-16-6-5-7-19(11-16)12-23-25(29)26(4)21-13-20(8-9-22(21)30-23)24(28)27-14-17(2)10-18(3)15-27/h5-9,11-13,17-18H,10,14-15H2,1-4H3. The van der Waals surface area contributed by atoms with E-state index in [0.717, 1.165) is 41.2 Å². The molecule has 2 unspecified atom stereocenters. The number of likely N-dealkylation sites (tertiary alicyclic amines) is 1. The first-order valence-electron chi connectivity index (χ1n) is 10.5. The number of amides is 2. The number of hydrogen-bond donors (Lipinski definition) is 0. The summed E-state index contributed by atoms with van der Waals surface area (Å²) >= 11 is 1.47. The highest BCUT2D eigenvalue weighted by atomic mass is 32.2. The van der Waals surface area contributed by atoms with E-state index in [1.807, 2.05) is 54.3 Å². The minimum atomic E-state index is -0.0428. The number of likely N-dealkylation sites (N-methyl/N-ethyl adjacent to an activating group) is 1. The Kier molecular flexibility index (Phi) is 5.74. The van der Waals surface area contributed by atoms with Gasteiger partial charge in [-0.2, -0.15) is 0 Å². The molecule has 0 bridgehead atoms. The molecule has 0 radical (unpaired) electrons. The zero-order valence-electron chi connectivity index (χ0n) is 18.0. The molecule has 0 aromatic heterocycles. The number of carbonyl (C=O) groups excluding carboxylic acids is 2. The molecule has 5 heteroatoms. The molecule has 2 aliphatic heterocycles. The minimum absolute atomic E-state index is 0.0428. The molecule has 1 saturated heterocycles. The van der Waals surface area contributed by atoms with Gasteiger partial charge in [0.1, 0.15) is 0 Å². The van der Waals surface area contributed by atoms with Crippen molar-refractivity contribution in [3.8, 4) is 0 Å². The summed E-state index contributed by atoms with van der Waals surface area (Å²) in [4.78, 5) is 31.4. The summed E-state index contributed by atoms with van der Waals surface area (Å²) in [6.07, 6.45) is 3.10. The average molecular weight is 421 g/mol. The van der Waals surface area contributed by atoms with Crippen LogP contribution in [0.4, 0.5) is 5.69 Å². The molecular formula is C25H28N2O2S. The van der Waals surface area contributed by atoms with E-state index in [4.69, 9.17) is 0 Å². The van der Waals surface area contributed by atoms with E-state index in [2.05, 4.69) is 19.9 Å². The second-order valence-corrected chi connectivity index (χ2v) is 9.81. The van der Waals surface area contributed by atoms with Crippen LogP contribution in [-0.2, 0) is 4.79 Å². The first-order valence-corrected chi connectivity index (χ1v) is 11.3. The number of benzene rings is 2. The summed E-state index contributed by atoms with van der Waals surface area (Å²) in [6.45, 7) is 8.05. The monoisotopic (exact) mass is 420 g/mol. The van der Waals surface area contributed by atoms with E-state index in [9.17, 15) is 9.59 Å². The Hall–Kier alpha value is -2.53. The first-order chi connectivity index (χ1) is 14.3. The van der Waals surface area contributed by atoms with E-state index in [1.54, 1.807) is 11.9 Å². The summed E-state index contributed by atoms with van der Waals surface area (Å²) in [7, 11) is 1.78. The fraction of sp³-hybridized carbons (Fsp3) is 0.360. The minimum Gasteiger partial charge on any atom is -0.338 e. The lowest BCUT2D eigenvalue weighted by Gasteiger charge is -2.35. The molecule has 2 aliphatic rings. The van der Waals surface area contributed by atoms with Crippen molar-refractivity contribution in [1.82, 2.24) is 4.90 Å². The van der Waals surface area contributed by atoms with Gasteiger partial charge < -0.3 is 9.80 Å². The molecule has 0 spiro atoms. The number of nitrogens with zero attached hydrogens (tertiary/aromatic N) is 2. The zero-order chi connectivity index (χ0) is 21.4. The van der Waals surface area contributed by atoms with Crippen molar-refractivity contribution >= 4 is 35.3 Å². The van der Waals surface area contributed by atoms with Crippen molar-refractivity contribution in [2.24, 2.45) is 11.8 Å². The van der Waals surface area contributed by atoms with Crippen LogP contribution in [-0.4, -0.2) is 36.9 Å². The lowest BCUT2D eigenvalue weighted by molar-refractivity contribution is -0.114. The smallest absolute Gasteiger partial charge is 0.264 e. The van der Waals surface area contributed by atoms with Gasteiger partial charge in [-0.15, -0.1) is 0 Å². The molecule has 2 aromatic rings. The number of hydrogen-bond acceptors (Lipinski definition) is 3. The number of piperidine rings is 1. The molecule has 30 heavy (non-hydrogen) atoms. The van der Waals surface area contributed by atoms with Crippen LogP contribution in [0.5, 0.6) is 0 Å². The highest BCUT2D eigenvalue weighted by Crippen LogP contribution is 2.42. The maximum atomic E-state index is 13.1. The van der Waals surface area contributed by atoms with Gasteiger partial charge in [0.05, 0.1) is 10.6 Å². The number of anilines is 1. The van der Waals surface area contributed by atoms with Crippen LogP contribution < -0.4 is 4.90 Å². The van der Waals surface area contributed by atoms with Crippen LogP contribution in [0.2, 0.25) is 0 Å². The topological polar surface area (TPSA) is 40.6 Å². The van der Waals surface area contributed by atoms with Crippen LogP contribution in [0.15, 0.2) is 52.3 Å². The lowest BCUT2D eigenvalue weighted by Crippen LogP contribution is -2.42. The largest absolute Gasteiger partial charge is 0.338 e. The fourth-order valence-corrected chi connectivity index (χ4v) is 5.54. The Bertz CT molecular complexity index is 1020. The summed E-state index contributed by atoms with van der Waals surface area (Å²) in [5.41, 5.74) is 3.63. The van der Waals surface area contributed by atoms with Crippen LogP contribution in [0.1, 0.15) is 41.8 Å². The number of carbonyl (C=O) groups is 2. The second-order valence-electron chi connectivity index (χ2n) is 8.73. The maximum Gasteiger partial charge on any atom is 0.264 e. The number of fused-ring (bicyclic) bond motifs is 1. The van der Waals surface area contributed by atoms with Crippen molar-refractivity contribution in [2.45, 2.75) is 32.1 Å². The zero-order valence-corrected chi connectivity index (χ0v) is 18.8. The van der Waals surface area contributed by atoms with E-state index < -0.39 is 0 Å². The third kappa shape index (κ3) is 4.17. The first kappa shape index (κ1) is 20.7. The molecule has 0 N–H and O–H groups in total. The van der Waals surface area contributed by atoms with Crippen molar-refractivity contribution in [2.75, 3.05) is 25.0 Å². The Balaban J connectivity index is 1.61. The molecule has 156 valence electrons. The Morgan fingerprint density at radius 1 is 1.10 bits per heavy atom.